The minimum atomic E-state index is -3.17. The zero-order chi connectivity index (χ0) is 21.2. The highest BCUT2D eigenvalue weighted by Crippen LogP contribution is 2.34. The average Bonchev–Trinajstić information content (AvgIpc) is 2.97. The maximum absolute atomic E-state index is 12.6. The van der Waals surface area contributed by atoms with Gasteiger partial charge in [-0.05, 0) is 12.3 Å². The molecule has 1 aromatic rings. The number of sulfone groups is 1. The number of pyridine rings is 1. The Hall–Kier alpha value is -1.29. The Morgan fingerprint density at radius 3 is 2.46 bits per heavy atom. The van der Waals surface area contributed by atoms with Gasteiger partial charge in [0.25, 0.3) is 5.91 Å². The molecule has 2 N–H and O–H groups in total. The average molecular weight is 473 g/mol. The molecule has 1 aromatic heterocycles. The maximum atomic E-state index is 12.6. The number of hydrogen-bond acceptors (Lipinski definition) is 7. The lowest BCUT2D eigenvalue weighted by Crippen LogP contribution is -2.45. The molecule has 8 nitrogen and oxygen atoms in total. The van der Waals surface area contributed by atoms with Crippen LogP contribution in [-0.2, 0) is 19.4 Å². The van der Waals surface area contributed by atoms with E-state index in [9.17, 15) is 18.0 Å². The van der Waals surface area contributed by atoms with Crippen LogP contribution in [0.2, 0.25) is 15.2 Å². The molecule has 1 saturated heterocycles. The second kappa shape index (κ2) is 9.02. The second-order valence-electron chi connectivity index (χ2n) is 6.87. The van der Waals surface area contributed by atoms with E-state index in [2.05, 4.69) is 4.98 Å². The van der Waals surface area contributed by atoms with Crippen LogP contribution in [0.3, 0.4) is 0 Å². The van der Waals surface area contributed by atoms with Gasteiger partial charge in [0, 0.05) is 12.6 Å². The van der Waals surface area contributed by atoms with E-state index in [1.54, 1.807) is 0 Å². The number of amides is 1. The van der Waals surface area contributed by atoms with E-state index < -0.39 is 34.4 Å². The Morgan fingerprint density at radius 2 is 1.93 bits per heavy atom. The summed E-state index contributed by atoms with van der Waals surface area (Å²) >= 11 is 17.6. The van der Waals surface area contributed by atoms with Crippen LogP contribution in [0.1, 0.15) is 30.8 Å². The number of ether oxygens (including phenoxy) is 1. The van der Waals surface area contributed by atoms with Crippen molar-refractivity contribution in [3.8, 4) is 0 Å². The quantitative estimate of drug-likeness (QED) is 0.499. The van der Waals surface area contributed by atoms with Gasteiger partial charge in [-0.25, -0.2) is 18.2 Å². The molecule has 1 atom stereocenters. The third-order valence-electron chi connectivity index (χ3n) is 4.12. The van der Waals surface area contributed by atoms with Gasteiger partial charge in [-0.15, -0.1) is 0 Å². The van der Waals surface area contributed by atoms with E-state index in [0.29, 0.717) is 13.0 Å². The van der Waals surface area contributed by atoms with Gasteiger partial charge in [0.15, 0.2) is 27.3 Å². The number of carbonyl (C=O) groups excluding carboxylic acids is 2. The molecule has 0 saturated carbocycles. The van der Waals surface area contributed by atoms with Crippen LogP contribution >= 0.6 is 34.8 Å². The van der Waals surface area contributed by atoms with E-state index in [1.807, 2.05) is 13.8 Å². The van der Waals surface area contributed by atoms with Gasteiger partial charge >= 0.3 is 5.97 Å². The van der Waals surface area contributed by atoms with Crippen LogP contribution in [0, 0.1) is 5.92 Å². The molecule has 1 aliphatic heterocycles. The Kier molecular flexibility index (Phi) is 7.41. The molecule has 1 unspecified atom stereocenters. The number of carbonyl (C=O) groups is 2. The molecule has 1 amide bonds. The van der Waals surface area contributed by atoms with Gasteiger partial charge in [0.05, 0.1) is 22.2 Å². The zero-order valence-electron chi connectivity index (χ0n) is 15.2. The minimum Gasteiger partial charge on any atom is -0.451 e. The first-order valence-electron chi connectivity index (χ1n) is 8.40. The number of anilines is 1. The number of nitrogens with zero attached hydrogens (tertiary/aromatic N) is 2. The molecular weight excluding hydrogens is 453 g/mol. The van der Waals surface area contributed by atoms with Crippen molar-refractivity contribution in [2.24, 2.45) is 5.92 Å². The van der Waals surface area contributed by atoms with Gasteiger partial charge < -0.3 is 15.4 Å². The fourth-order valence-electron chi connectivity index (χ4n) is 2.81. The molecule has 0 aliphatic carbocycles. The lowest BCUT2D eigenvalue weighted by molar-refractivity contribution is -0.137. The first-order chi connectivity index (χ1) is 12.9. The topological polar surface area (TPSA) is 120 Å². The summed E-state index contributed by atoms with van der Waals surface area (Å²) in [6.07, 6.45) is 0.353. The van der Waals surface area contributed by atoms with E-state index in [4.69, 9.17) is 45.3 Å². The van der Waals surface area contributed by atoms with E-state index >= 15 is 0 Å². The van der Waals surface area contributed by atoms with Gasteiger partial charge in [-0.3, -0.25) is 4.79 Å². The normalized spacial score (nSPS) is 18.3. The third-order valence-corrected chi connectivity index (χ3v) is 7.01. The summed E-state index contributed by atoms with van der Waals surface area (Å²) in [6, 6.07) is -0.444. The fourth-order valence-corrected chi connectivity index (χ4v) is 5.13. The number of hydrogen-bond donors (Lipinski definition) is 1. The van der Waals surface area contributed by atoms with Gasteiger partial charge in [-0.2, -0.15) is 0 Å². The molecule has 2 heterocycles. The highest BCUT2D eigenvalue weighted by Gasteiger charge is 2.35. The highest BCUT2D eigenvalue weighted by atomic mass is 35.5. The number of aromatic nitrogens is 1. The fraction of sp³-hybridized carbons (Fsp3) is 0.562. The summed E-state index contributed by atoms with van der Waals surface area (Å²) < 4.78 is 28.5. The van der Waals surface area contributed by atoms with Crippen molar-refractivity contribution in [2.45, 2.75) is 26.3 Å². The van der Waals surface area contributed by atoms with Crippen LogP contribution in [-0.4, -0.2) is 60.9 Å². The summed E-state index contributed by atoms with van der Waals surface area (Å²) in [6.45, 7) is 3.55. The van der Waals surface area contributed by atoms with Crippen molar-refractivity contribution in [1.29, 1.82) is 0 Å². The first-order valence-corrected chi connectivity index (χ1v) is 11.4. The Morgan fingerprint density at radius 1 is 1.29 bits per heavy atom. The van der Waals surface area contributed by atoms with Crippen LogP contribution in [0.25, 0.3) is 0 Å². The number of halogens is 3. The SMILES string of the molecule is CC(C)CN(C(=O)COC(=O)c1nc(Cl)c(Cl)c(N)c1Cl)C1CCS(=O)(=O)C1. The van der Waals surface area contributed by atoms with Crippen molar-refractivity contribution in [2.75, 3.05) is 30.4 Å². The van der Waals surface area contributed by atoms with Gasteiger partial charge in [-0.1, -0.05) is 48.7 Å². The van der Waals surface area contributed by atoms with Crippen molar-refractivity contribution in [3.63, 3.8) is 0 Å². The van der Waals surface area contributed by atoms with Crippen LogP contribution in [0.15, 0.2) is 0 Å². The van der Waals surface area contributed by atoms with E-state index in [-0.39, 0.29) is 44.0 Å². The molecule has 1 aliphatic rings. The Balaban J connectivity index is 2.11. The number of rotatable bonds is 6. The second-order valence-corrected chi connectivity index (χ2v) is 10.2. The summed E-state index contributed by atoms with van der Waals surface area (Å²) in [4.78, 5) is 30.1. The Bertz CT molecular complexity index is 892. The summed E-state index contributed by atoms with van der Waals surface area (Å²) in [5, 5.41) is -0.544. The lowest BCUT2D eigenvalue weighted by atomic mass is 10.1. The number of nitrogens with two attached hydrogens (primary N) is 1. The van der Waals surface area contributed by atoms with Gasteiger partial charge in [0.2, 0.25) is 0 Å². The van der Waals surface area contributed by atoms with Crippen LogP contribution in [0.4, 0.5) is 5.69 Å². The predicted octanol–water partition coefficient (Wildman–Crippen LogP) is 2.45. The molecule has 0 bridgehead atoms. The molecule has 28 heavy (non-hydrogen) atoms. The van der Waals surface area contributed by atoms with Crippen LogP contribution < -0.4 is 5.73 Å². The third kappa shape index (κ3) is 5.40. The van der Waals surface area contributed by atoms with Gasteiger partial charge in [0.1, 0.15) is 5.02 Å². The standard InChI is InChI=1S/C16H20Cl3N3O5S/c1-8(2)5-22(9-3-4-28(25,26)7-9)10(23)6-27-16(24)14-11(17)13(20)12(18)15(19)21-14/h8-9H,3-7H2,1-2H3,(H2,20,21). The molecular formula is C16H20Cl3N3O5S. The number of nitrogen functional groups attached to an aromatic ring is 1. The smallest absolute Gasteiger partial charge is 0.359 e. The van der Waals surface area contributed by atoms with Crippen molar-refractivity contribution in [1.82, 2.24) is 9.88 Å². The largest absolute Gasteiger partial charge is 0.451 e. The predicted molar refractivity (Wildman–Crippen MR) is 108 cm³/mol. The first kappa shape index (κ1) is 23.0. The van der Waals surface area contributed by atoms with E-state index in [1.165, 1.54) is 4.90 Å². The molecule has 12 heteroatoms. The molecule has 0 spiro atoms. The minimum absolute atomic E-state index is 0.0292. The zero-order valence-corrected chi connectivity index (χ0v) is 18.3. The summed E-state index contributed by atoms with van der Waals surface area (Å²) in [7, 11) is -3.17. The van der Waals surface area contributed by atoms with Crippen molar-refractivity contribution >= 4 is 62.2 Å². The molecule has 0 radical (unpaired) electrons. The molecule has 0 aromatic carbocycles. The number of esters is 1. The lowest BCUT2D eigenvalue weighted by Gasteiger charge is -2.29. The maximum Gasteiger partial charge on any atom is 0.359 e. The molecule has 156 valence electrons. The monoisotopic (exact) mass is 471 g/mol. The van der Waals surface area contributed by atoms with Crippen molar-refractivity contribution < 1.29 is 22.7 Å². The van der Waals surface area contributed by atoms with Crippen molar-refractivity contribution in [3.05, 3.63) is 20.9 Å². The highest BCUT2D eigenvalue weighted by molar-refractivity contribution is 7.91. The molecule has 2 rings (SSSR count). The summed E-state index contributed by atoms with van der Waals surface area (Å²) in [5.74, 6) is -1.47. The van der Waals surface area contributed by atoms with E-state index in [0.717, 1.165) is 0 Å². The Labute approximate surface area is 178 Å². The summed E-state index contributed by atoms with van der Waals surface area (Å²) in [5.41, 5.74) is 5.17. The molecule has 1 fully saturated rings. The van der Waals surface area contributed by atoms with Crippen LogP contribution in [0.5, 0.6) is 0 Å².